The number of rotatable bonds is 3. The lowest BCUT2D eigenvalue weighted by molar-refractivity contribution is 0.468. The fourth-order valence-corrected chi connectivity index (χ4v) is 2.26. The smallest absolute Gasteiger partial charge is 0.127 e. The zero-order chi connectivity index (χ0) is 14.0. The molecule has 2 aromatic carbocycles. The Labute approximate surface area is 113 Å². The van der Waals surface area contributed by atoms with E-state index in [0.29, 0.717) is 6.54 Å². The van der Waals surface area contributed by atoms with Gasteiger partial charge in [-0.1, -0.05) is 6.07 Å². The van der Waals surface area contributed by atoms with Crippen LogP contribution in [-0.2, 0) is 6.54 Å². The molecule has 0 aliphatic heterocycles. The van der Waals surface area contributed by atoms with Crippen molar-refractivity contribution < 1.29 is 9.50 Å². The van der Waals surface area contributed by atoms with Crippen LogP contribution in [0.1, 0.15) is 16.7 Å². The first-order chi connectivity index (χ1) is 8.94. The van der Waals surface area contributed by atoms with E-state index in [2.05, 4.69) is 32.0 Å². The molecule has 0 saturated heterocycles. The number of benzene rings is 2. The fraction of sp³-hybridized carbons (Fsp3) is 0.250. The summed E-state index contributed by atoms with van der Waals surface area (Å²) in [6, 6.07) is 10.4. The Morgan fingerprint density at radius 3 is 2.21 bits per heavy atom. The molecule has 0 aliphatic rings. The van der Waals surface area contributed by atoms with E-state index in [4.69, 9.17) is 0 Å². The van der Waals surface area contributed by atoms with Crippen molar-refractivity contribution in [2.75, 3.05) is 11.9 Å². The second-order valence-corrected chi connectivity index (χ2v) is 5.02. The minimum atomic E-state index is -0.413. The van der Waals surface area contributed by atoms with Gasteiger partial charge in [-0.15, -0.1) is 0 Å². The first-order valence-corrected chi connectivity index (χ1v) is 6.22. The average molecular weight is 259 g/mol. The fourth-order valence-electron chi connectivity index (χ4n) is 2.26. The monoisotopic (exact) mass is 259 g/mol. The summed E-state index contributed by atoms with van der Waals surface area (Å²) < 4.78 is 13.2. The van der Waals surface area contributed by atoms with Gasteiger partial charge in [-0.25, -0.2) is 4.39 Å². The summed E-state index contributed by atoms with van der Waals surface area (Å²) in [6.45, 7) is 4.66. The van der Waals surface area contributed by atoms with E-state index in [1.165, 1.54) is 17.2 Å². The van der Waals surface area contributed by atoms with Crippen molar-refractivity contribution in [3.8, 4) is 5.75 Å². The number of halogens is 1. The second-order valence-electron chi connectivity index (χ2n) is 5.02. The third-order valence-corrected chi connectivity index (χ3v) is 3.01. The first kappa shape index (κ1) is 13.4. The highest BCUT2D eigenvalue weighted by Gasteiger charge is 2.06. The third-order valence-electron chi connectivity index (χ3n) is 3.01. The van der Waals surface area contributed by atoms with Gasteiger partial charge in [0.1, 0.15) is 11.6 Å². The third kappa shape index (κ3) is 3.47. The highest BCUT2D eigenvalue weighted by molar-refractivity contribution is 5.51. The highest BCUT2D eigenvalue weighted by Crippen LogP contribution is 2.21. The van der Waals surface area contributed by atoms with Crippen LogP contribution in [0.3, 0.4) is 0 Å². The van der Waals surface area contributed by atoms with E-state index in [-0.39, 0.29) is 5.75 Å². The highest BCUT2D eigenvalue weighted by atomic mass is 19.1. The van der Waals surface area contributed by atoms with Crippen LogP contribution in [0.15, 0.2) is 36.4 Å². The molecule has 2 rings (SSSR count). The number of hydrogen-bond donors (Lipinski definition) is 1. The van der Waals surface area contributed by atoms with Crippen molar-refractivity contribution >= 4 is 5.69 Å². The van der Waals surface area contributed by atoms with E-state index < -0.39 is 5.82 Å². The maximum absolute atomic E-state index is 13.2. The maximum Gasteiger partial charge on any atom is 0.127 e. The quantitative estimate of drug-likeness (QED) is 0.906. The molecule has 2 aromatic rings. The molecular formula is C16H18FNO. The molecule has 0 spiro atoms. The number of hydrogen-bond acceptors (Lipinski definition) is 2. The van der Waals surface area contributed by atoms with E-state index >= 15 is 0 Å². The minimum absolute atomic E-state index is 0.0381. The number of anilines is 1. The number of nitrogens with zero attached hydrogens (tertiary/aromatic N) is 1. The van der Waals surface area contributed by atoms with Gasteiger partial charge in [-0.2, -0.15) is 0 Å². The molecule has 100 valence electrons. The van der Waals surface area contributed by atoms with Crippen molar-refractivity contribution in [3.05, 3.63) is 58.9 Å². The Bertz CT molecular complexity index is 555. The molecule has 0 radical (unpaired) electrons. The predicted molar refractivity (Wildman–Crippen MR) is 76.1 cm³/mol. The number of aryl methyl sites for hydroxylation is 2. The molecule has 0 fully saturated rings. The molecule has 0 aromatic heterocycles. The summed E-state index contributed by atoms with van der Waals surface area (Å²) in [5.74, 6) is -0.451. The van der Waals surface area contributed by atoms with E-state index in [9.17, 15) is 9.50 Å². The second kappa shape index (κ2) is 5.31. The summed E-state index contributed by atoms with van der Waals surface area (Å²) in [5, 5.41) is 9.41. The number of phenols is 1. The molecule has 0 atom stereocenters. The number of phenolic OH excluding ortho intramolecular Hbond substituents is 1. The van der Waals surface area contributed by atoms with E-state index in [1.54, 1.807) is 6.07 Å². The van der Waals surface area contributed by atoms with Crippen molar-refractivity contribution in [3.63, 3.8) is 0 Å². The van der Waals surface area contributed by atoms with Gasteiger partial charge in [0.15, 0.2) is 0 Å². The first-order valence-electron chi connectivity index (χ1n) is 6.22. The van der Waals surface area contributed by atoms with Crippen LogP contribution in [0.5, 0.6) is 5.75 Å². The van der Waals surface area contributed by atoms with Gasteiger partial charge in [-0.3, -0.25) is 0 Å². The van der Waals surface area contributed by atoms with Crippen molar-refractivity contribution in [1.82, 2.24) is 0 Å². The summed E-state index contributed by atoms with van der Waals surface area (Å²) in [7, 11) is 1.95. The van der Waals surface area contributed by atoms with Crippen LogP contribution in [0.2, 0.25) is 0 Å². The topological polar surface area (TPSA) is 23.5 Å². The van der Waals surface area contributed by atoms with Gasteiger partial charge in [0.2, 0.25) is 0 Å². The van der Waals surface area contributed by atoms with Gasteiger partial charge in [0, 0.05) is 25.3 Å². The molecule has 0 aliphatic carbocycles. The average Bonchev–Trinajstić information content (AvgIpc) is 2.25. The molecule has 0 unspecified atom stereocenters. The zero-order valence-electron chi connectivity index (χ0n) is 11.4. The van der Waals surface area contributed by atoms with Crippen molar-refractivity contribution in [2.45, 2.75) is 20.4 Å². The zero-order valence-corrected chi connectivity index (χ0v) is 11.4. The van der Waals surface area contributed by atoms with Gasteiger partial charge in [-0.05, 0) is 54.8 Å². The van der Waals surface area contributed by atoms with Crippen LogP contribution < -0.4 is 4.90 Å². The molecule has 19 heavy (non-hydrogen) atoms. The lowest BCUT2D eigenvalue weighted by Gasteiger charge is -2.20. The molecule has 2 nitrogen and oxygen atoms in total. The summed E-state index contributed by atoms with van der Waals surface area (Å²) >= 11 is 0. The Morgan fingerprint density at radius 2 is 1.63 bits per heavy atom. The van der Waals surface area contributed by atoms with Crippen LogP contribution in [0.25, 0.3) is 0 Å². The molecule has 0 heterocycles. The van der Waals surface area contributed by atoms with Gasteiger partial charge >= 0.3 is 0 Å². The van der Waals surface area contributed by atoms with Gasteiger partial charge in [0.25, 0.3) is 0 Å². The Hall–Kier alpha value is -2.03. The van der Waals surface area contributed by atoms with Crippen molar-refractivity contribution in [1.29, 1.82) is 0 Å². The van der Waals surface area contributed by atoms with E-state index in [1.807, 2.05) is 11.9 Å². The summed E-state index contributed by atoms with van der Waals surface area (Å²) in [5.41, 5.74) is 4.23. The molecule has 1 N–H and O–H groups in total. The lowest BCUT2D eigenvalue weighted by atomic mass is 10.1. The van der Waals surface area contributed by atoms with Crippen LogP contribution in [0.4, 0.5) is 10.1 Å². The standard InChI is InChI=1S/C16H18FNO/c1-11-4-12(2)6-15(5-11)18(3)10-13-7-14(17)9-16(19)8-13/h4-9,19H,10H2,1-3H3. The molecule has 0 bridgehead atoms. The summed E-state index contributed by atoms with van der Waals surface area (Å²) in [6.07, 6.45) is 0. The summed E-state index contributed by atoms with van der Waals surface area (Å²) in [4.78, 5) is 2.04. The maximum atomic E-state index is 13.2. The molecule has 0 saturated carbocycles. The van der Waals surface area contributed by atoms with Gasteiger partial charge in [0.05, 0.1) is 0 Å². The largest absolute Gasteiger partial charge is 0.508 e. The number of aromatic hydroxyl groups is 1. The van der Waals surface area contributed by atoms with Crippen molar-refractivity contribution in [2.24, 2.45) is 0 Å². The Balaban J connectivity index is 2.22. The Morgan fingerprint density at radius 1 is 1.00 bits per heavy atom. The minimum Gasteiger partial charge on any atom is -0.508 e. The van der Waals surface area contributed by atoms with Crippen LogP contribution >= 0.6 is 0 Å². The lowest BCUT2D eigenvalue weighted by Crippen LogP contribution is -2.16. The Kier molecular flexibility index (Phi) is 3.74. The predicted octanol–water partition coefficient (Wildman–Crippen LogP) is 3.78. The van der Waals surface area contributed by atoms with Crippen LogP contribution in [0, 0.1) is 19.7 Å². The SMILES string of the molecule is Cc1cc(C)cc(N(C)Cc2cc(O)cc(F)c2)c1. The van der Waals surface area contributed by atoms with E-state index in [0.717, 1.165) is 17.3 Å². The molecule has 3 heteroatoms. The van der Waals surface area contributed by atoms with Gasteiger partial charge < -0.3 is 10.0 Å². The molecular weight excluding hydrogens is 241 g/mol. The molecule has 0 amide bonds. The normalized spacial score (nSPS) is 10.5. The van der Waals surface area contributed by atoms with Crippen LogP contribution in [-0.4, -0.2) is 12.2 Å².